The second-order valence-corrected chi connectivity index (χ2v) is 6.08. The Kier molecular flexibility index (Phi) is 5.54. The van der Waals surface area contributed by atoms with Gasteiger partial charge < -0.3 is 15.7 Å². The molecular formula is C8H16NO5P. The van der Waals surface area contributed by atoms with Crippen molar-refractivity contribution in [2.24, 2.45) is 11.7 Å². The van der Waals surface area contributed by atoms with Gasteiger partial charge in [0.2, 0.25) is 13.3 Å². The molecule has 0 radical (unpaired) electrons. The lowest BCUT2D eigenvalue weighted by Gasteiger charge is -2.15. The molecule has 0 aromatic heterocycles. The molecule has 1 amide bonds. The van der Waals surface area contributed by atoms with Crippen LogP contribution < -0.4 is 5.73 Å². The summed E-state index contributed by atoms with van der Waals surface area (Å²) < 4.78 is 11.3. The average Bonchev–Trinajstić information content (AvgIpc) is 2.11. The quantitative estimate of drug-likeness (QED) is 0.548. The Labute approximate surface area is 87.9 Å². The molecule has 0 aromatic carbocycles. The van der Waals surface area contributed by atoms with Gasteiger partial charge in [-0.25, -0.2) is 0 Å². The summed E-state index contributed by atoms with van der Waals surface area (Å²) >= 11 is 0. The molecule has 0 rings (SSSR count). The molecule has 0 saturated heterocycles. The van der Waals surface area contributed by atoms with Gasteiger partial charge in [-0.05, 0) is 6.42 Å². The summed E-state index contributed by atoms with van der Waals surface area (Å²) in [5.74, 6) is -2.75. The molecular weight excluding hydrogens is 221 g/mol. The number of rotatable bonds is 7. The van der Waals surface area contributed by atoms with Gasteiger partial charge in [0.1, 0.15) is 0 Å². The Morgan fingerprint density at radius 1 is 1.47 bits per heavy atom. The van der Waals surface area contributed by atoms with Crippen molar-refractivity contribution in [3.63, 3.8) is 0 Å². The summed E-state index contributed by atoms with van der Waals surface area (Å²) in [6.07, 6.45) is -0.338. The van der Waals surface area contributed by atoms with Crippen LogP contribution in [0.15, 0.2) is 0 Å². The minimum atomic E-state index is -3.38. The van der Waals surface area contributed by atoms with E-state index in [2.05, 4.69) is 0 Å². The van der Waals surface area contributed by atoms with E-state index in [1.54, 1.807) is 0 Å². The normalized spacial score (nSPS) is 16.7. The fraction of sp³-hybridized carbons (Fsp3) is 0.750. The molecule has 15 heavy (non-hydrogen) atoms. The van der Waals surface area contributed by atoms with Crippen molar-refractivity contribution in [2.75, 3.05) is 12.3 Å². The van der Waals surface area contributed by atoms with Crippen LogP contribution in [0.1, 0.15) is 19.8 Å². The highest BCUT2D eigenvalue weighted by atomic mass is 31.2. The lowest BCUT2D eigenvalue weighted by molar-refractivity contribution is -0.141. The number of carboxylic acids is 1. The van der Waals surface area contributed by atoms with Gasteiger partial charge in [0.25, 0.3) is 0 Å². The Balaban J connectivity index is 4.35. The average molecular weight is 237 g/mol. The summed E-state index contributed by atoms with van der Waals surface area (Å²) in [7, 11) is -3.38. The third-order valence-electron chi connectivity index (χ3n) is 2.09. The Morgan fingerprint density at radius 2 is 2.00 bits per heavy atom. The molecule has 0 spiro atoms. The first-order valence-corrected chi connectivity index (χ1v) is 6.63. The van der Waals surface area contributed by atoms with Crippen LogP contribution in [0.2, 0.25) is 0 Å². The van der Waals surface area contributed by atoms with Crippen molar-refractivity contribution in [2.45, 2.75) is 19.8 Å². The van der Waals surface area contributed by atoms with Crippen LogP contribution in [0.3, 0.4) is 0 Å². The minimum absolute atomic E-state index is 0.00914. The number of amides is 1. The van der Waals surface area contributed by atoms with Crippen LogP contribution in [0, 0.1) is 5.92 Å². The van der Waals surface area contributed by atoms with Crippen LogP contribution in [-0.2, 0) is 14.2 Å². The van der Waals surface area contributed by atoms with Crippen molar-refractivity contribution < 1.29 is 24.2 Å². The first-order chi connectivity index (χ1) is 6.78. The van der Waals surface area contributed by atoms with E-state index in [0.29, 0.717) is 0 Å². The molecule has 2 atom stereocenters. The molecule has 2 unspecified atom stereocenters. The SMILES string of the molecule is CCP(=O)(O)CC(CCC(N)=O)C(=O)O. The highest BCUT2D eigenvalue weighted by Crippen LogP contribution is 2.42. The molecule has 0 aliphatic carbocycles. The lowest BCUT2D eigenvalue weighted by Crippen LogP contribution is -2.21. The van der Waals surface area contributed by atoms with E-state index >= 15 is 0 Å². The lowest BCUT2D eigenvalue weighted by atomic mass is 10.1. The minimum Gasteiger partial charge on any atom is -0.481 e. The van der Waals surface area contributed by atoms with Crippen molar-refractivity contribution in [1.82, 2.24) is 0 Å². The first-order valence-electron chi connectivity index (χ1n) is 4.60. The predicted molar refractivity (Wildman–Crippen MR) is 54.8 cm³/mol. The second-order valence-electron chi connectivity index (χ2n) is 3.39. The topological polar surface area (TPSA) is 118 Å². The van der Waals surface area contributed by atoms with Crippen molar-refractivity contribution in [3.8, 4) is 0 Å². The molecule has 6 nitrogen and oxygen atoms in total. The Bertz CT molecular complexity index is 291. The number of carbonyl (C=O) groups is 2. The van der Waals surface area contributed by atoms with Gasteiger partial charge >= 0.3 is 5.97 Å². The second kappa shape index (κ2) is 5.88. The summed E-state index contributed by atoms with van der Waals surface area (Å²) in [4.78, 5) is 30.5. The summed E-state index contributed by atoms with van der Waals surface area (Å²) in [5, 5.41) is 8.76. The molecule has 88 valence electrons. The Hall–Kier alpha value is -0.870. The first kappa shape index (κ1) is 14.1. The maximum Gasteiger partial charge on any atom is 0.307 e. The van der Waals surface area contributed by atoms with Gasteiger partial charge in [0.15, 0.2) is 0 Å². The largest absolute Gasteiger partial charge is 0.481 e. The van der Waals surface area contributed by atoms with E-state index in [9.17, 15) is 19.0 Å². The number of hydrogen-bond acceptors (Lipinski definition) is 3. The number of nitrogens with two attached hydrogens (primary N) is 1. The van der Waals surface area contributed by atoms with Crippen LogP contribution in [-0.4, -0.2) is 34.2 Å². The standard InChI is InChI=1S/C8H16NO5P/c1-2-15(13,14)5-6(8(11)12)3-4-7(9)10/h6H,2-5H2,1H3,(H2,9,10)(H,11,12)(H,13,14). The van der Waals surface area contributed by atoms with E-state index in [1.807, 2.05) is 0 Å². The summed E-state index contributed by atoms with van der Waals surface area (Å²) in [6, 6.07) is 0. The van der Waals surface area contributed by atoms with Gasteiger partial charge in [0.05, 0.1) is 5.92 Å². The molecule has 0 bridgehead atoms. The predicted octanol–water partition coefficient (Wildman–Crippen LogP) is 0.243. The summed E-state index contributed by atoms with van der Waals surface area (Å²) in [6.45, 7) is 1.52. The van der Waals surface area contributed by atoms with Gasteiger partial charge in [0, 0.05) is 18.7 Å². The summed E-state index contributed by atoms with van der Waals surface area (Å²) in [5.41, 5.74) is 4.87. The zero-order chi connectivity index (χ0) is 12.1. The maximum absolute atomic E-state index is 11.3. The zero-order valence-electron chi connectivity index (χ0n) is 8.55. The number of aliphatic carboxylic acids is 1. The van der Waals surface area contributed by atoms with E-state index in [0.717, 1.165) is 0 Å². The van der Waals surface area contributed by atoms with Gasteiger partial charge in [-0.2, -0.15) is 0 Å². The van der Waals surface area contributed by atoms with Gasteiger partial charge in [-0.15, -0.1) is 0 Å². The van der Waals surface area contributed by atoms with Crippen molar-refractivity contribution in [1.29, 1.82) is 0 Å². The number of carbonyl (C=O) groups excluding carboxylic acids is 1. The highest BCUT2D eigenvalue weighted by Gasteiger charge is 2.27. The van der Waals surface area contributed by atoms with Crippen LogP contribution in [0.4, 0.5) is 0 Å². The third-order valence-corrected chi connectivity index (χ3v) is 4.09. The van der Waals surface area contributed by atoms with E-state index in [4.69, 9.17) is 10.8 Å². The van der Waals surface area contributed by atoms with E-state index in [-0.39, 0.29) is 25.2 Å². The molecule has 7 heteroatoms. The molecule has 0 aliphatic rings. The van der Waals surface area contributed by atoms with Crippen LogP contribution in [0.5, 0.6) is 0 Å². The van der Waals surface area contributed by atoms with Crippen LogP contribution >= 0.6 is 7.37 Å². The van der Waals surface area contributed by atoms with Crippen LogP contribution in [0.25, 0.3) is 0 Å². The molecule has 0 aromatic rings. The van der Waals surface area contributed by atoms with Gasteiger partial charge in [-0.3, -0.25) is 14.2 Å². The van der Waals surface area contributed by atoms with Gasteiger partial charge in [-0.1, -0.05) is 6.92 Å². The molecule has 0 aliphatic heterocycles. The number of carboxylic acid groups (broad SMARTS) is 1. The Morgan fingerprint density at radius 3 is 2.33 bits per heavy atom. The van der Waals surface area contributed by atoms with E-state index < -0.39 is 25.2 Å². The fourth-order valence-electron chi connectivity index (χ4n) is 1.08. The molecule has 0 heterocycles. The van der Waals surface area contributed by atoms with Crippen molar-refractivity contribution in [3.05, 3.63) is 0 Å². The highest BCUT2D eigenvalue weighted by molar-refractivity contribution is 7.58. The third kappa shape index (κ3) is 6.25. The number of hydrogen-bond donors (Lipinski definition) is 3. The fourth-order valence-corrected chi connectivity index (χ4v) is 2.37. The molecule has 0 saturated carbocycles. The van der Waals surface area contributed by atoms with E-state index in [1.165, 1.54) is 6.92 Å². The monoisotopic (exact) mass is 237 g/mol. The molecule has 0 fully saturated rings. The molecule has 4 N–H and O–H groups in total. The number of primary amides is 1. The van der Waals surface area contributed by atoms with Crippen molar-refractivity contribution >= 4 is 19.2 Å². The maximum atomic E-state index is 11.3. The smallest absolute Gasteiger partial charge is 0.307 e. The zero-order valence-corrected chi connectivity index (χ0v) is 9.44.